The molecule has 4 rings (SSSR count). The van der Waals surface area contributed by atoms with Crippen LogP contribution in [0.15, 0.2) is 54.7 Å². The molecule has 4 heteroatoms. The lowest BCUT2D eigenvalue weighted by molar-refractivity contribution is 0.185. The number of hydrogen-bond donors (Lipinski definition) is 1. The van der Waals surface area contributed by atoms with Crippen LogP contribution in [0.25, 0.3) is 10.9 Å². The quantitative estimate of drug-likeness (QED) is 0.706. The zero-order valence-electron chi connectivity index (χ0n) is 14.0. The minimum Gasteiger partial charge on any atom is -0.505 e. The maximum atomic E-state index is 11.0. The number of benzene rings is 2. The Morgan fingerprint density at radius 1 is 0.960 bits per heavy atom. The minimum absolute atomic E-state index is 0.0176. The molecule has 0 radical (unpaired) electrons. The third-order valence-electron chi connectivity index (χ3n) is 5.02. The van der Waals surface area contributed by atoms with Crippen LogP contribution in [0.4, 0.5) is 0 Å². The van der Waals surface area contributed by atoms with Crippen molar-refractivity contribution in [3.05, 3.63) is 70.9 Å². The Morgan fingerprint density at radius 3 is 2.48 bits per heavy atom. The Labute approximate surface area is 152 Å². The van der Waals surface area contributed by atoms with Gasteiger partial charge in [-0.15, -0.1) is 0 Å². The van der Waals surface area contributed by atoms with E-state index < -0.39 is 0 Å². The molecule has 1 aliphatic rings. The van der Waals surface area contributed by atoms with Gasteiger partial charge in [-0.2, -0.15) is 0 Å². The highest BCUT2D eigenvalue weighted by molar-refractivity contribution is 6.30. The summed E-state index contributed by atoms with van der Waals surface area (Å²) in [4.78, 5) is 6.84. The monoisotopic (exact) mass is 352 g/mol. The number of hydrogen-bond acceptors (Lipinski definition) is 3. The van der Waals surface area contributed by atoms with Crippen molar-refractivity contribution in [1.29, 1.82) is 0 Å². The minimum atomic E-state index is 0.0176. The van der Waals surface area contributed by atoms with Crippen LogP contribution in [0.3, 0.4) is 0 Å². The van der Waals surface area contributed by atoms with Crippen molar-refractivity contribution >= 4 is 22.5 Å². The van der Waals surface area contributed by atoms with Crippen LogP contribution in [-0.4, -0.2) is 28.1 Å². The molecule has 3 nitrogen and oxygen atoms in total. The van der Waals surface area contributed by atoms with E-state index in [0.717, 1.165) is 34.6 Å². The summed E-state index contributed by atoms with van der Waals surface area (Å²) in [6.07, 6.45) is 5.38. The SMILES string of the molecule is Oc1c([C@@H](c2ccc(Cl)cc2)N2CCCCC2)ccc2cccnc12. The molecular formula is C21H21ClN2O. The number of pyridine rings is 1. The summed E-state index contributed by atoms with van der Waals surface area (Å²) in [7, 11) is 0. The van der Waals surface area contributed by atoms with Gasteiger partial charge in [-0.25, -0.2) is 0 Å². The Kier molecular flexibility index (Phi) is 4.60. The van der Waals surface area contributed by atoms with Crippen molar-refractivity contribution in [2.45, 2.75) is 25.3 Å². The lowest BCUT2D eigenvalue weighted by atomic mass is 9.93. The number of aromatic nitrogens is 1. The fraction of sp³-hybridized carbons (Fsp3) is 0.286. The third kappa shape index (κ3) is 3.22. The lowest BCUT2D eigenvalue weighted by Crippen LogP contribution is -2.34. The molecule has 128 valence electrons. The molecule has 0 amide bonds. The molecule has 1 N–H and O–H groups in total. The van der Waals surface area contributed by atoms with Crippen molar-refractivity contribution in [3.8, 4) is 5.75 Å². The first-order valence-electron chi connectivity index (χ1n) is 8.80. The number of phenols is 1. The largest absolute Gasteiger partial charge is 0.505 e. The van der Waals surface area contributed by atoms with Crippen molar-refractivity contribution in [3.63, 3.8) is 0 Å². The van der Waals surface area contributed by atoms with Gasteiger partial charge in [0.2, 0.25) is 0 Å². The molecule has 0 aliphatic carbocycles. The van der Waals surface area contributed by atoms with Gasteiger partial charge < -0.3 is 5.11 Å². The van der Waals surface area contributed by atoms with Crippen LogP contribution >= 0.6 is 11.6 Å². The van der Waals surface area contributed by atoms with Crippen molar-refractivity contribution < 1.29 is 5.11 Å². The summed E-state index contributed by atoms with van der Waals surface area (Å²) in [5, 5.41) is 12.6. The van der Waals surface area contributed by atoms with Gasteiger partial charge >= 0.3 is 0 Å². The fourth-order valence-corrected chi connectivity index (χ4v) is 3.90. The number of phenolic OH excluding ortho intramolecular Hbond substituents is 1. The second kappa shape index (κ2) is 7.03. The summed E-state index contributed by atoms with van der Waals surface area (Å²) in [5.41, 5.74) is 2.73. The molecule has 2 heterocycles. The molecule has 3 aromatic rings. The van der Waals surface area contributed by atoms with Gasteiger partial charge in [0.25, 0.3) is 0 Å². The molecule has 0 spiro atoms. The van der Waals surface area contributed by atoms with Crippen molar-refractivity contribution in [1.82, 2.24) is 9.88 Å². The first kappa shape index (κ1) is 16.4. The number of nitrogens with zero attached hydrogens (tertiary/aromatic N) is 2. The van der Waals surface area contributed by atoms with Gasteiger partial charge in [-0.3, -0.25) is 9.88 Å². The highest BCUT2D eigenvalue weighted by atomic mass is 35.5. The standard InChI is InChI=1S/C21H21ClN2O/c22-17-9-6-16(7-10-17)20(24-13-2-1-3-14-24)18-11-8-15-5-4-12-23-19(15)21(18)25/h4-12,20,25H,1-3,13-14H2/t20-/m1/s1. The predicted octanol–water partition coefficient (Wildman–Crippen LogP) is 5.17. The number of aromatic hydroxyl groups is 1. The first-order valence-corrected chi connectivity index (χ1v) is 9.18. The number of fused-ring (bicyclic) bond motifs is 1. The zero-order valence-corrected chi connectivity index (χ0v) is 14.8. The van der Waals surface area contributed by atoms with Crippen LogP contribution in [-0.2, 0) is 0 Å². The van der Waals surface area contributed by atoms with Crippen LogP contribution in [0.5, 0.6) is 5.75 Å². The molecule has 1 fully saturated rings. The van der Waals surface area contributed by atoms with E-state index in [9.17, 15) is 5.11 Å². The summed E-state index contributed by atoms with van der Waals surface area (Å²) in [5.74, 6) is 0.281. The van der Waals surface area contributed by atoms with E-state index in [2.05, 4.69) is 22.0 Å². The van der Waals surface area contributed by atoms with E-state index in [1.807, 2.05) is 36.4 Å². The second-order valence-electron chi connectivity index (χ2n) is 6.63. The Morgan fingerprint density at radius 2 is 1.72 bits per heavy atom. The molecule has 25 heavy (non-hydrogen) atoms. The van der Waals surface area contributed by atoms with Crippen LogP contribution in [0.2, 0.25) is 5.02 Å². The van der Waals surface area contributed by atoms with E-state index in [-0.39, 0.29) is 11.8 Å². The zero-order chi connectivity index (χ0) is 17.2. The first-order chi connectivity index (χ1) is 12.2. The van der Waals surface area contributed by atoms with Crippen molar-refractivity contribution in [2.75, 3.05) is 13.1 Å². The van der Waals surface area contributed by atoms with Crippen LogP contribution < -0.4 is 0 Å². The average Bonchev–Trinajstić information content (AvgIpc) is 2.66. The van der Waals surface area contributed by atoms with E-state index in [0.29, 0.717) is 5.52 Å². The summed E-state index contributed by atoms with van der Waals surface area (Å²) in [6.45, 7) is 2.07. The normalized spacial score (nSPS) is 16.8. The van der Waals surface area contributed by atoms with Crippen molar-refractivity contribution in [2.24, 2.45) is 0 Å². The number of piperidine rings is 1. The maximum absolute atomic E-state index is 11.0. The van der Waals surface area contributed by atoms with E-state index in [4.69, 9.17) is 11.6 Å². The Balaban J connectivity index is 1.85. The van der Waals surface area contributed by atoms with Gasteiger partial charge in [-0.05, 0) is 49.7 Å². The fourth-order valence-electron chi connectivity index (χ4n) is 3.77. The maximum Gasteiger partial charge on any atom is 0.146 e. The summed E-state index contributed by atoms with van der Waals surface area (Å²) in [6, 6.07) is 15.9. The Bertz CT molecular complexity index is 873. The lowest BCUT2D eigenvalue weighted by Gasteiger charge is -2.35. The molecule has 0 saturated carbocycles. The van der Waals surface area contributed by atoms with Gasteiger partial charge in [0.15, 0.2) is 0 Å². The van der Waals surface area contributed by atoms with E-state index in [1.54, 1.807) is 6.20 Å². The van der Waals surface area contributed by atoms with Gasteiger partial charge in [0.1, 0.15) is 11.3 Å². The summed E-state index contributed by atoms with van der Waals surface area (Å²) < 4.78 is 0. The van der Waals surface area contributed by atoms with Gasteiger partial charge in [-0.1, -0.05) is 48.4 Å². The van der Waals surface area contributed by atoms with Gasteiger partial charge in [0.05, 0.1) is 6.04 Å². The average molecular weight is 353 g/mol. The van der Waals surface area contributed by atoms with E-state index in [1.165, 1.54) is 19.3 Å². The molecule has 1 atom stereocenters. The van der Waals surface area contributed by atoms with Crippen LogP contribution in [0, 0.1) is 0 Å². The van der Waals surface area contributed by atoms with Gasteiger partial charge in [0, 0.05) is 22.2 Å². The van der Waals surface area contributed by atoms with Crippen LogP contribution in [0.1, 0.15) is 36.4 Å². The highest BCUT2D eigenvalue weighted by Gasteiger charge is 2.27. The smallest absolute Gasteiger partial charge is 0.146 e. The number of halogens is 1. The molecule has 2 aromatic carbocycles. The summed E-state index contributed by atoms with van der Waals surface area (Å²) >= 11 is 6.08. The molecule has 1 aromatic heterocycles. The third-order valence-corrected chi connectivity index (χ3v) is 5.27. The second-order valence-corrected chi connectivity index (χ2v) is 7.07. The molecule has 1 aliphatic heterocycles. The van der Waals surface area contributed by atoms with E-state index >= 15 is 0 Å². The number of likely N-dealkylation sites (tertiary alicyclic amines) is 1. The predicted molar refractivity (Wildman–Crippen MR) is 102 cm³/mol. The molecule has 0 bridgehead atoms. The molecule has 0 unspecified atom stereocenters. The topological polar surface area (TPSA) is 36.4 Å². The number of rotatable bonds is 3. The Hall–Kier alpha value is -2.10. The molecule has 1 saturated heterocycles. The highest BCUT2D eigenvalue weighted by Crippen LogP contribution is 2.39. The molecular weight excluding hydrogens is 332 g/mol.